The Morgan fingerprint density at radius 1 is 1.53 bits per heavy atom. The molecule has 0 radical (unpaired) electrons. The van der Waals surface area contributed by atoms with E-state index < -0.39 is 5.60 Å². The molecule has 5 nitrogen and oxygen atoms in total. The first-order valence-corrected chi connectivity index (χ1v) is 7.96. The van der Waals surface area contributed by atoms with Crippen LogP contribution in [0.1, 0.15) is 33.4 Å². The fraction of sp³-hybridized carbons (Fsp3) is 0.667. The van der Waals surface area contributed by atoms with Crippen molar-refractivity contribution in [3.8, 4) is 0 Å². The highest BCUT2D eigenvalue weighted by atomic mass is 127. The van der Waals surface area contributed by atoms with E-state index in [9.17, 15) is 4.79 Å². The molecule has 0 unspecified atom stereocenters. The second kappa shape index (κ2) is 5.23. The van der Waals surface area contributed by atoms with Gasteiger partial charge in [0.05, 0.1) is 28.4 Å². The highest BCUT2D eigenvalue weighted by Gasteiger charge is 2.32. The zero-order valence-corrected chi connectivity index (χ0v) is 15.1. The third-order valence-electron chi connectivity index (χ3n) is 2.87. The zero-order valence-electron chi connectivity index (χ0n) is 11.4. The van der Waals surface area contributed by atoms with Gasteiger partial charge in [0.2, 0.25) is 0 Å². The van der Waals surface area contributed by atoms with Crippen LogP contribution in [0.3, 0.4) is 0 Å². The van der Waals surface area contributed by atoms with E-state index in [0.717, 1.165) is 13.9 Å². The van der Waals surface area contributed by atoms with E-state index in [-0.39, 0.29) is 12.1 Å². The summed E-state index contributed by atoms with van der Waals surface area (Å²) >= 11 is 5.67. The Morgan fingerprint density at radius 2 is 2.16 bits per heavy atom. The molecule has 0 saturated heterocycles. The van der Waals surface area contributed by atoms with E-state index in [1.54, 1.807) is 4.90 Å². The van der Waals surface area contributed by atoms with Crippen molar-refractivity contribution in [2.75, 3.05) is 0 Å². The number of amides is 1. The summed E-state index contributed by atoms with van der Waals surface area (Å²) in [4.78, 5) is 14.0. The highest BCUT2D eigenvalue weighted by Crippen LogP contribution is 2.28. The average molecular weight is 442 g/mol. The van der Waals surface area contributed by atoms with Crippen molar-refractivity contribution in [2.45, 2.75) is 52.4 Å². The number of nitrogens with zero attached hydrogens (tertiary/aromatic N) is 3. The van der Waals surface area contributed by atoms with E-state index in [2.05, 4.69) is 43.6 Å². The summed E-state index contributed by atoms with van der Waals surface area (Å²) in [6, 6.07) is 0.0740. The lowest BCUT2D eigenvalue weighted by Gasteiger charge is -2.35. The molecule has 7 heteroatoms. The Balaban J connectivity index is 2.21. The van der Waals surface area contributed by atoms with E-state index >= 15 is 0 Å². The molecule has 1 aliphatic heterocycles. The topological polar surface area (TPSA) is 47.4 Å². The number of rotatable bonds is 0. The first kappa shape index (κ1) is 15.1. The number of hydrogen-bond acceptors (Lipinski definition) is 3. The molecule has 0 aromatic carbocycles. The van der Waals surface area contributed by atoms with Crippen molar-refractivity contribution >= 4 is 44.6 Å². The van der Waals surface area contributed by atoms with Gasteiger partial charge >= 0.3 is 6.09 Å². The lowest BCUT2D eigenvalue weighted by atomic mass is 10.2. The Morgan fingerprint density at radius 3 is 2.74 bits per heavy atom. The van der Waals surface area contributed by atoms with Crippen LogP contribution in [0.4, 0.5) is 4.79 Å². The number of hydrogen-bond donors (Lipinski definition) is 0. The fourth-order valence-electron chi connectivity index (χ4n) is 1.98. The van der Waals surface area contributed by atoms with Crippen molar-refractivity contribution in [1.29, 1.82) is 0 Å². The number of fused-ring (bicyclic) bond motifs is 1. The van der Waals surface area contributed by atoms with Gasteiger partial charge in [-0.2, -0.15) is 5.10 Å². The summed E-state index contributed by atoms with van der Waals surface area (Å²) in [6.07, 6.45) is -0.264. The van der Waals surface area contributed by atoms with Gasteiger partial charge in [0.25, 0.3) is 0 Å². The fourth-order valence-corrected chi connectivity index (χ4v) is 2.95. The van der Waals surface area contributed by atoms with Gasteiger partial charge in [-0.25, -0.2) is 4.79 Å². The molecule has 19 heavy (non-hydrogen) atoms. The minimum absolute atomic E-state index is 0.0740. The van der Waals surface area contributed by atoms with Crippen molar-refractivity contribution < 1.29 is 9.53 Å². The predicted octanol–water partition coefficient (Wildman–Crippen LogP) is 3.39. The van der Waals surface area contributed by atoms with Crippen LogP contribution >= 0.6 is 38.5 Å². The van der Waals surface area contributed by atoms with Crippen LogP contribution < -0.4 is 0 Å². The van der Waals surface area contributed by atoms with Crippen LogP contribution in [0.2, 0.25) is 0 Å². The maximum atomic E-state index is 12.2. The van der Waals surface area contributed by atoms with Gasteiger partial charge in [0.15, 0.2) is 0 Å². The molecule has 1 aromatic heterocycles. The van der Waals surface area contributed by atoms with E-state index in [4.69, 9.17) is 4.74 Å². The van der Waals surface area contributed by atoms with Crippen molar-refractivity contribution in [3.05, 3.63) is 13.9 Å². The van der Waals surface area contributed by atoms with Gasteiger partial charge in [0, 0.05) is 0 Å². The largest absolute Gasteiger partial charge is 0.444 e. The molecule has 1 atom stereocenters. The van der Waals surface area contributed by atoms with E-state index in [1.807, 2.05) is 32.4 Å². The molecular weight excluding hydrogens is 425 g/mol. The Labute approximate surface area is 134 Å². The first-order valence-electron chi connectivity index (χ1n) is 6.09. The zero-order chi connectivity index (χ0) is 14.4. The smallest absolute Gasteiger partial charge is 0.410 e. The van der Waals surface area contributed by atoms with Crippen molar-refractivity contribution in [1.82, 2.24) is 14.7 Å². The van der Waals surface area contributed by atoms with Gasteiger partial charge in [-0.15, -0.1) is 0 Å². The monoisotopic (exact) mass is 441 g/mol. The Kier molecular flexibility index (Phi) is 4.15. The molecule has 1 amide bonds. The molecule has 0 fully saturated rings. The quantitative estimate of drug-likeness (QED) is 0.580. The third kappa shape index (κ3) is 3.24. The van der Waals surface area contributed by atoms with Crippen LogP contribution in [-0.4, -0.2) is 32.4 Å². The molecule has 0 N–H and O–H groups in total. The number of carbonyl (C=O) groups is 1. The summed E-state index contributed by atoms with van der Waals surface area (Å²) in [5.74, 6) is 0. The summed E-state index contributed by atoms with van der Waals surface area (Å²) in [5, 5.41) is 4.42. The summed E-state index contributed by atoms with van der Waals surface area (Å²) in [6.45, 7) is 8.87. The van der Waals surface area contributed by atoms with Crippen molar-refractivity contribution in [2.24, 2.45) is 0 Å². The maximum absolute atomic E-state index is 12.2. The van der Waals surface area contributed by atoms with Crippen molar-refractivity contribution in [3.63, 3.8) is 0 Å². The summed E-state index contributed by atoms with van der Waals surface area (Å²) in [7, 11) is 0. The standard InChI is InChI=1S/C12H17BrIN3O2/c1-7-5-17-8(9(14)10(13)15-17)6-16(7)11(18)19-12(2,3)4/h7H,5-6H2,1-4H3/t7-/m1/s1. The molecule has 1 aromatic rings. The van der Waals surface area contributed by atoms with Crippen LogP contribution in [0.25, 0.3) is 0 Å². The van der Waals surface area contributed by atoms with Crippen LogP contribution in [-0.2, 0) is 17.8 Å². The lowest BCUT2D eigenvalue weighted by molar-refractivity contribution is 0.00898. The predicted molar refractivity (Wildman–Crippen MR) is 83.9 cm³/mol. The Bertz CT molecular complexity index is 510. The highest BCUT2D eigenvalue weighted by molar-refractivity contribution is 14.1. The van der Waals surface area contributed by atoms with Gasteiger partial charge in [-0.05, 0) is 66.2 Å². The van der Waals surface area contributed by atoms with E-state index in [1.165, 1.54) is 0 Å². The first-order chi connectivity index (χ1) is 8.69. The van der Waals surface area contributed by atoms with Crippen LogP contribution in [0.5, 0.6) is 0 Å². The molecular formula is C12H17BrIN3O2. The molecule has 0 bridgehead atoms. The van der Waals surface area contributed by atoms with Gasteiger partial charge in [0.1, 0.15) is 10.2 Å². The molecule has 2 rings (SSSR count). The van der Waals surface area contributed by atoms with Gasteiger partial charge in [-0.1, -0.05) is 0 Å². The van der Waals surface area contributed by atoms with Crippen LogP contribution in [0, 0.1) is 3.57 Å². The van der Waals surface area contributed by atoms with E-state index in [0.29, 0.717) is 13.1 Å². The molecule has 0 aliphatic carbocycles. The normalized spacial score (nSPS) is 19.3. The SMILES string of the molecule is C[C@@H]1Cn2nc(Br)c(I)c2CN1C(=O)OC(C)(C)C. The summed E-state index contributed by atoms with van der Waals surface area (Å²) < 4.78 is 9.30. The number of halogens is 2. The molecule has 106 valence electrons. The number of aromatic nitrogens is 2. The van der Waals surface area contributed by atoms with Gasteiger partial charge in [-0.3, -0.25) is 9.58 Å². The van der Waals surface area contributed by atoms with Gasteiger partial charge < -0.3 is 4.74 Å². The molecule has 1 aliphatic rings. The Hall–Kier alpha value is -0.310. The third-order valence-corrected chi connectivity index (χ3v) is 5.30. The molecule has 0 saturated carbocycles. The summed E-state index contributed by atoms with van der Waals surface area (Å²) in [5.41, 5.74) is 0.582. The van der Waals surface area contributed by atoms with Crippen LogP contribution in [0.15, 0.2) is 4.60 Å². The molecule has 0 spiro atoms. The maximum Gasteiger partial charge on any atom is 0.410 e. The minimum Gasteiger partial charge on any atom is -0.444 e. The second-order valence-electron chi connectivity index (χ2n) is 5.69. The number of carbonyl (C=O) groups excluding carboxylic acids is 1. The lowest BCUT2D eigenvalue weighted by Crippen LogP contribution is -2.47. The number of ether oxygens (including phenoxy) is 1. The molecule has 2 heterocycles. The minimum atomic E-state index is -0.470. The average Bonchev–Trinajstić information content (AvgIpc) is 2.50. The second-order valence-corrected chi connectivity index (χ2v) is 7.52.